The number of amides is 2. The number of hydrogen-bond acceptors (Lipinski definition) is 4. The van der Waals surface area contributed by atoms with Crippen molar-refractivity contribution in [2.75, 3.05) is 25.0 Å². The number of carboxylic acids is 1. The zero-order chi connectivity index (χ0) is 19.6. The smallest absolute Gasteiger partial charge is 0.321 e. The maximum Gasteiger partial charge on any atom is 0.321 e. The first-order chi connectivity index (χ1) is 12.7. The fourth-order valence-electron chi connectivity index (χ4n) is 3.25. The standard InChI is InChI=1S/C18H25N3O5S/c1-12-8-14(17(22)23)11-21(10-12)18(24)20-15-4-6-16(7-5-15)27(25,26)19-9-13-2-3-13/h4-7,12-14,19H,2-3,8-11H2,1H3,(H,20,24)(H,22,23). The van der Waals surface area contributed by atoms with Crippen molar-refractivity contribution in [3.05, 3.63) is 24.3 Å². The van der Waals surface area contributed by atoms with Crippen LogP contribution in [0, 0.1) is 17.8 Å². The predicted molar refractivity (Wildman–Crippen MR) is 99.9 cm³/mol. The lowest BCUT2D eigenvalue weighted by Crippen LogP contribution is -2.47. The average molecular weight is 395 g/mol. The normalized spacial score (nSPS) is 23.1. The van der Waals surface area contributed by atoms with E-state index in [1.165, 1.54) is 29.2 Å². The van der Waals surface area contributed by atoms with Crippen LogP contribution in [0.25, 0.3) is 0 Å². The highest BCUT2D eigenvalue weighted by Crippen LogP contribution is 2.28. The SMILES string of the molecule is CC1CC(C(=O)O)CN(C(=O)Nc2ccc(S(=O)(=O)NCC3CC3)cc2)C1. The third-order valence-corrected chi connectivity index (χ3v) is 6.41. The highest BCUT2D eigenvalue weighted by Gasteiger charge is 2.32. The van der Waals surface area contributed by atoms with Crippen molar-refractivity contribution in [1.82, 2.24) is 9.62 Å². The first kappa shape index (κ1) is 19.6. The fourth-order valence-corrected chi connectivity index (χ4v) is 4.37. The highest BCUT2D eigenvalue weighted by molar-refractivity contribution is 7.89. The van der Waals surface area contributed by atoms with Crippen molar-refractivity contribution < 1.29 is 23.1 Å². The number of nitrogens with zero attached hydrogens (tertiary/aromatic N) is 1. The lowest BCUT2D eigenvalue weighted by atomic mass is 9.91. The molecule has 1 aromatic carbocycles. The molecule has 0 spiro atoms. The molecule has 2 aliphatic rings. The number of likely N-dealkylation sites (tertiary alicyclic amines) is 1. The van der Waals surface area contributed by atoms with Crippen LogP contribution in [-0.4, -0.2) is 50.1 Å². The number of hydrogen-bond donors (Lipinski definition) is 3. The minimum absolute atomic E-state index is 0.107. The quantitative estimate of drug-likeness (QED) is 0.681. The molecular weight excluding hydrogens is 370 g/mol. The zero-order valence-corrected chi connectivity index (χ0v) is 16.0. The minimum Gasteiger partial charge on any atom is -0.481 e. The summed E-state index contributed by atoms with van der Waals surface area (Å²) in [7, 11) is -3.54. The molecule has 1 heterocycles. The van der Waals surface area contributed by atoms with Crippen LogP contribution in [0.5, 0.6) is 0 Å². The van der Waals surface area contributed by atoms with Gasteiger partial charge < -0.3 is 15.3 Å². The molecule has 9 heteroatoms. The number of sulfonamides is 1. The molecule has 2 unspecified atom stereocenters. The summed E-state index contributed by atoms with van der Waals surface area (Å²) in [4.78, 5) is 25.3. The molecule has 1 saturated carbocycles. The molecule has 1 aliphatic carbocycles. The van der Waals surface area contributed by atoms with Crippen molar-refractivity contribution in [1.29, 1.82) is 0 Å². The van der Waals surface area contributed by atoms with Crippen LogP contribution in [0.4, 0.5) is 10.5 Å². The highest BCUT2D eigenvalue weighted by atomic mass is 32.2. The number of piperidine rings is 1. The van der Waals surface area contributed by atoms with Gasteiger partial charge in [-0.15, -0.1) is 0 Å². The predicted octanol–water partition coefficient (Wildman–Crippen LogP) is 1.95. The van der Waals surface area contributed by atoms with E-state index >= 15 is 0 Å². The van der Waals surface area contributed by atoms with E-state index < -0.39 is 21.9 Å². The molecule has 148 valence electrons. The number of aliphatic carboxylic acids is 1. The second kappa shape index (κ2) is 7.85. The number of anilines is 1. The van der Waals surface area contributed by atoms with Gasteiger partial charge in [-0.1, -0.05) is 6.92 Å². The van der Waals surface area contributed by atoms with E-state index in [2.05, 4.69) is 10.0 Å². The van der Waals surface area contributed by atoms with Gasteiger partial charge in [0.05, 0.1) is 10.8 Å². The Bertz CT molecular complexity index is 805. The first-order valence-corrected chi connectivity index (χ1v) is 10.6. The molecule has 1 saturated heterocycles. The van der Waals surface area contributed by atoms with Gasteiger partial charge in [0.2, 0.25) is 10.0 Å². The van der Waals surface area contributed by atoms with E-state index in [1.54, 1.807) is 0 Å². The molecule has 1 aliphatic heterocycles. The lowest BCUT2D eigenvalue weighted by Gasteiger charge is -2.34. The number of carbonyl (C=O) groups is 2. The molecular formula is C18H25N3O5S. The summed E-state index contributed by atoms with van der Waals surface area (Å²) in [6.45, 7) is 3.04. The molecule has 2 atom stereocenters. The third-order valence-electron chi connectivity index (χ3n) is 4.97. The summed E-state index contributed by atoms with van der Waals surface area (Å²) in [6, 6.07) is 5.58. The van der Waals surface area contributed by atoms with E-state index in [0.717, 1.165) is 12.8 Å². The van der Waals surface area contributed by atoms with Crippen LogP contribution in [0.1, 0.15) is 26.2 Å². The molecule has 3 rings (SSSR count). The summed E-state index contributed by atoms with van der Waals surface area (Å²) >= 11 is 0. The Morgan fingerprint density at radius 2 is 1.85 bits per heavy atom. The Morgan fingerprint density at radius 3 is 2.44 bits per heavy atom. The van der Waals surface area contributed by atoms with Gasteiger partial charge in [0.15, 0.2) is 0 Å². The molecule has 3 N–H and O–H groups in total. The van der Waals surface area contributed by atoms with Crippen LogP contribution in [-0.2, 0) is 14.8 Å². The molecule has 0 aromatic heterocycles. The first-order valence-electron chi connectivity index (χ1n) is 9.13. The number of carbonyl (C=O) groups excluding carboxylic acids is 1. The Kier molecular flexibility index (Phi) is 5.71. The summed E-state index contributed by atoms with van der Waals surface area (Å²) in [5.41, 5.74) is 0.464. The zero-order valence-electron chi connectivity index (χ0n) is 15.2. The Hall–Kier alpha value is -2.13. The second-order valence-corrected chi connectivity index (χ2v) is 9.30. The monoisotopic (exact) mass is 395 g/mol. The Labute approximate surface area is 159 Å². The van der Waals surface area contributed by atoms with Gasteiger partial charge in [-0.05, 0) is 55.4 Å². The molecule has 0 bridgehead atoms. The van der Waals surface area contributed by atoms with Gasteiger partial charge in [-0.3, -0.25) is 4.79 Å². The number of rotatable bonds is 6. The van der Waals surface area contributed by atoms with Gasteiger partial charge in [0.1, 0.15) is 0 Å². The Balaban J connectivity index is 1.60. The second-order valence-electron chi connectivity index (χ2n) is 7.53. The van der Waals surface area contributed by atoms with E-state index in [1.807, 2.05) is 6.92 Å². The molecule has 8 nitrogen and oxygen atoms in total. The van der Waals surface area contributed by atoms with Gasteiger partial charge in [-0.2, -0.15) is 0 Å². The molecule has 2 amide bonds. The van der Waals surface area contributed by atoms with Crippen LogP contribution in [0.3, 0.4) is 0 Å². The van der Waals surface area contributed by atoms with E-state index in [9.17, 15) is 23.1 Å². The number of nitrogens with one attached hydrogen (secondary N) is 2. The fraction of sp³-hybridized carbons (Fsp3) is 0.556. The number of carboxylic acid groups (broad SMARTS) is 1. The maximum absolute atomic E-state index is 12.4. The van der Waals surface area contributed by atoms with Gasteiger partial charge in [-0.25, -0.2) is 17.9 Å². The van der Waals surface area contributed by atoms with Crippen molar-refractivity contribution in [3.8, 4) is 0 Å². The van der Waals surface area contributed by atoms with Crippen molar-refractivity contribution in [2.24, 2.45) is 17.8 Å². The molecule has 0 radical (unpaired) electrons. The summed E-state index contributed by atoms with van der Waals surface area (Å²) < 4.78 is 27.0. The Morgan fingerprint density at radius 1 is 1.19 bits per heavy atom. The van der Waals surface area contributed by atoms with Gasteiger partial charge in [0, 0.05) is 25.3 Å². The van der Waals surface area contributed by atoms with Crippen molar-refractivity contribution in [2.45, 2.75) is 31.1 Å². The van der Waals surface area contributed by atoms with Crippen LogP contribution >= 0.6 is 0 Å². The maximum atomic E-state index is 12.4. The lowest BCUT2D eigenvalue weighted by molar-refractivity contribution is -0.143. The summed E-state index contributed by atoms with van der Waals surface area (Å²) in [5.74, 6) is -0.910. The van der Waals surface area contributed by atoms with Crippen LogP contribution < -0.4 is 10.0 Å². The van der Waals surface area contributed by atoms with E-state index in [0.29, 0.717) is 31.1 Å². The van der Waals surface area contributed by atoms with Crippen LogP contribution in [0.2, 0.25) is 0 Å². The molecule has 27 heavy (non-hydrogen) atoms. The van der Waals surface area contributed by atoms with Crippen molar-refractivity contribution in [3.63, 3.8) is 0 Å². The van der Waals surface area contributed by atoms with E-state index in [4.69, 9.17) is 0 Å². The average Bonchev–Trinajstić information content (AvgIpc) is 3.44. The summed E-state index contributed by atoms with van der Waals surface area (Å²) in [5, 5.41) is 11.9. The van der Waals surface area contributed by atoms with Crippen LogP contribution in [0.15, 0.2) is 29.2 Å². The van der Waals surface area contributed by atoms with Gasteiger partial charge >= 0.3 is 12.0 Å². The van der Waals surface area contributed by atoms with Gasteiger partial charge in [0.25, 0.3) is 0 Å². The number of urea groups is 1. The summed E-state index contributed by atoms with van der Waals surface area (Å²) in [6.07, 6.45) is 2.68. The largest absolute Gasteiger partial charge is 0.481 e. The third kappa shape index (κ3) is 5.20. The van der Waals surface area contributed by atoms with E-state index in [-0.39, 0.29) is 23.4 Å². The molecule has 1 aromatic rings. The number of benzene rings is 1. The van der Waals surface area contributed by atoms with Crippen molar-refractivity contribution >= 4 is 27.7 Å². The minimum atomic E-state index is -3.54. The topological polar surface area (TPSA) is 116 Å². The molecule has 2 fully saturated rings.